The van der Waals surface area contributed by atoms with Crippen molar-refractivity contribution in [1.82, 2.24) is 10.3 Å². The Morgan fingerprint density at radius 3 is 2.82 bits per heavy atom. The number of ether oxygens (including phenoxy) is 1. The second kappa shape index (κ2) is 5.23. The van der Waals surface area contributed by atoms with Gasteiger partial charge >= 0.3 is 0 Å². The Hall–Kier alpha value is -0.800. The van der Waals surface area contributed by atoms with Crippen molar-refractivity contribution in [3.05, 3.63) is 23.5 Å². The van der Waals surface area contributed by atoms with Crippen LogP contribution in [0.2, 0.25) is 0 Å². The summed E-state index contributed by atoms with van der Waals surface area (Å²) in [6.45, 7) is 3.73. The average Bonchev–Trinajstić information content (AvgIpc) is 3.09. The molecular weight excluding hydrogens is 236 g/mol. The Balaban J connectivity index is 1.88. The third-order valence-electron chi connectivity index (χ3n) is 3.26. The van der Waals surface area contributed by atoms with E-state index in [1.165, 1.54) is 12.8 Å². The summed E-state index contributed by atoms with van der Waals surface area (Å²) in [5, 5.41) is 3.43. The van der Waals surface area contributed by atoms with Crippen LogP contribution in [0.1, 0.15) is 24.2 Å². The van der Waals surface area contributed by atoms with Gasteiger partial charge in [0.25, 0.3) is 0 Å². The molecule has 2 rings (SSSR count). The lowest BCUT2D eigenvalue weighted by Gasteiger charge is -2.12. The first-order valence-corrected chi connectivity index (χ1v) is 6.49. The van der Waals surface area contributed by atoms with Crippen LogP contribution in [0.3, 0.4) is 0 Å². The second-order valence-electron chi connectivity index (χ2n) is 4.88. The van der Waals surface area contributed by atoms with Crippen molar-refractivity contribution in [1.29, 1.82) is 0 Å². The molecule has 0 saturated heterocycles. The number of nitrogens with zero attached hydrogens (tertiary/aromatic N) is 1. The molecule has 94 valence electrons. The summed E-state index contributed by atoms with van der Waals surface area (Å²) in [7, 11) is 1.68. The van der Waals surface area contributed by atoms with Crippen molar-refractivity contribution in [2.45, 2.75) is 26.3 Å². The molecule has 0 spiro atoms. The summed E-state index contributed by atoms with van der Waals surface area (Å²) in [5.41, 5.74) is 2.36. The highest BCUT2D eigenvalue weighted by Gasteiger charge is 2.41. The summed E-state index contributed by atoms with van der Waals surface area (Å²) in [6, 6.07) is 3.91. The maximum atomic E-state index is 5.93. The second-order valence-corrected chi connectivity index (χ2v) is 5.14. The number of hydrogen-bond donors (Lipinski definition) is 1. The molecule has 1 N–H and O–H groups in total. The zero-order chi connectivity index (χ0) is 12.3. The highest BCUT2D eigenvalue weighted by molar-refractivity contribution is 6.18. The number of aromatic nitrogens is 1. The summed E-state index contributed by atoms with van der Waals surface area (Å²) >= 11 is 5.93. The SMILES string of the molecule is COc1cc(C)nc(CNCC2(CCl)CC2)c1. The van der Waals surface area contributed by atoms with E-state index in [2.05, 4.69) is 10.3 Å². The molecule has 1 aliphatic rings. The molecular formula is C13H19ClN2O. The fraction of sp³-hybridized carbons (Fsp3) is 0.615. The van der Waals surface area contributed by atoms with Crippen molar-refractivity contribution in [2.24, 2.45) is 5.41 Å². The van der Waals surface area contributed by atoms with Gasteiger partial charge in [0.2, 0.25) is 0 Å². The number of alkyl halides is 1. The van der Waals surface area contributed by atoms with Gasteiger partial charge in [-0.15, -0.1) is 11.6 Å². The largest absolute Gasteiger partial charge is 0.497 e. The zero-order valence-corrected chi connectivity index (χ0v) is 11.2. The third kappa shape index (κ3) is 3.33. The van der Waals surface area contributed by atoms with Gasteiger partial charge in [0.1, 0.15) is 5.75 Å². The predicted octanol–water partition coefficient (Wildman–Crippen LogP) is 2.51. The number of aryl methyl sites for hydroxylation is 1. The monoisotopic (exact) mass is 254 g/mol. The highest BCUT2D eigenvalue weighted by Crippen LogP contribution is 2.45. The Bertz CT molecular complexity index is 391. The molecule has 1 aliphatic carbocycles. The molecule has 0 aliphatic heterocycles. The van der Waals surface area contributed by atoms with E-state index in [1.807, 2.05) is 19.1 Å². The van der Waals surface area contributed by atoms with Gasteiger partial charge in [-0.25, -0.2) is 0 Å². The molecule has 0 unspecified atom stereocenters. The molecule has 3 nitrogen and oxygen atoms in total. The third-order valence-corrected chi connectivity index (χ3v) is 3.83. The van der Waals surface area contributed by atoms with E-state index in [9.17, 15) is 0 Å². The Labute approximate surface area is 108 Å². The van der Waals surface area contributed by atoms with Gasteiger partial charge in [-0.05, 0) is 25.2 Å². The minimum absolute atomic E-state index is 0.357. The van der Waals surface area contributed by atoms with Crippen LogP contribution >= 0.6 is 11.6 Å². The fourth-order valence-corrected chi connectivity index (χ4v) is 2.26. The average molecular weight is 255 g/mol. The standard InChI is InChI=1S/C13H19ClN2O/c1-10-5-12(17-2)6-11(16-10)7-15-9-13(8-14)3-4-13/h5-6,15H,3-4,7-9H2,1-2H3. The van der Waals surface area contributed by atoms with Crippen molar-refractivity contribution in [3.8, 4) is 5.75 Å². The smallest absolute Gasteiger partial charge is 0.122 e. The quantitative estimate of drug-likeness (QED) is 0.792. The van der Waals surface area contributed by atoms with Crippen molar-refractivity contribution in [2.75, 3.05) is 19.5 Å². The van der Waals surface area contributed by atoms with E-state index in [-0.39, 0.29) is 0 Å². The van der Waals surface area contributed by atoms with E-state index in [4.69, 9.17) is 16.3 Å². The predicted molar refractivity (Wildman–Crippen MR) is 69.6 cm³/mol. The number of rotatable bonds is 6. The van der Waals surface area contributed by atoms with Crippen molar-refractivity contribution in [3.63, 3.8) is 0 Å². The molecule has 1 aromatic heterocycles. The number of nitrogens with one attached hydrogen (secondary N) is 1. The lowest BCUT2D eigenvalue weighted by molar-refractivity contribution is 0.412. The number of halogens is 1. The molecule has 0 atom stereocenters. The van der Waals surface area contributed by atoms with Crippen LogP contribution in [0.4, 0.5) is 0 Å². The van der Waals surface area contributed by atoms with Gasteiger partial charge in [-0.3, -0.25) is 4.98 Å². The normalized spacial score (nSPS) is 16.9. The van der Waals surface area contributed by atoms with Crippen LogP contribution in [0.15, 0.2) is 12.1 Å². The number of hydrogen-bond acceptors (Lipinski definition) is 3. The lowest BCUT2D eigenvalue weighted by atomic mass is 10.1. The molecule has 17 heavy (non-hydrogen) atoms. The molecule has 1 aromatic rings. The van der Waals surface area contributed by atoms with Crippen LogP contribution in [0, 0.1) is 12.3 Å². The van der Waals surface area contributed by atoms with Gasteiger partial charge in [-0.1, -0.05) is 0 Å². The van der Waals surface area contributed by atoms with Gasteiger partial charge in [0.15, 0.2) is 0 Å². The van der Waals surface area contributed by atoms with E-state index in [1.54, 1.807) is 7.11 Å². The molecule has 0 bridgehead atoms. The van der Waals surface area contributed by atoms with Crippen LogP contribution < -0.4 is 10.1 Å². The molecule has 1 saturated carbocycles. The van der Waals surface area contributed by atoms with E-state index < -0.39 is 0 Å². The Morgan fingerprint density at radius 1 is 1.47 bits per heavy atom. The minimum Gasteiger partial charge on any atom is -0.497 e. The molecule has 0 aromatic carbocycles. The molecule has 1 fully saturated rings. The summed E-state index contributed by atoms with van der Waals surface area (Å²) in [5.74, 6) is 1.62. The van der Waals surface area contributed by atoms with Crippen LogP contribution in [-0.2, 0) is 6.54 Å². The molecule has 0 radical (unpaired) electrons. The summed E-state index contributed by atoms with van der Waals surface area (Å²) in [4.78, 5) is 4.47. The van der Waals surface area contributed by atoms with Crippen molar-refractivity contribution < 1.29 is 4.74 Å². The minimum atomic E-state index is 0.357. The topological polar surface area (TPSA) is 34.1 Å². The van der Waals surface area contributed by atoms with Crippen LogP contribution in [0.25, 0.3) is 0 Å². The van der Waals surface area contributed by atoms with Crippen LogP contribution in [-0.4, -0.2) is 24.5 Å². The maximum absolute atomic E-state index is 5.93. The first-order chi connectivity index (χ1) is 8.17. The van der Waals surface area contributed by atoms with Gasteiger partial charge in [0.05, 0.1) is 12.8 Å². The van der Waals surface area contributed by atoms with Crippen LogP contribution in [0.5, 0.6) is 5.75 Å². The maximum Gasteiger partial charge on any atom is 0.122 e. The number of pyridine rings is 1. The lowest BCUT2D eigenvalue weighted by Crippen LogP contribution is -2.25. The summed E-state index contributed by atoms with van der Waals surface area (Å²) in [6.07, 6.45) is 2.49. The highest BCUT2D eigenvalue weighted by atomic mass is 35.5. The Kier molecular flexibility index (Phi) is 3.89. The van der Waals surface area contributed by atoms with Gasteiger partial charge in [-0.2, -0.15) is 0 Å². The van der Waals surface area contributed by atoms with Crippen molar-refractivity contribution >= 4 is 11.6 Å². The molecule has 1 heterocycles. The summed E-state index contributed by atoms with van der Waals surface area (Å²) < 4.78 is 5.23. The Morgan fingerprint density at radius 2 is 2.24 bits per heavy atom. The number of methoxy groups -OCH3 is 1. The first-order valence-electron chi connectivity index (χ1n) is 5.96. The fourth-order valence-electron chi connectivity index (χ4n) is 1.90. The van der Waals surface area contributed by atoms with E-state index >= 15 is 0 Å². The van der Waals surface area contributed by atoms with E-state index in [0.29, 0.717) is 5.41 Å². The van der Waals surface area contributed by atoms with Gasteiger partial charge in [0, 0.05) is 36.8 Å². The first kappa shape index (κ1) is 12.7. The molecule has 0 amide bonds. The molecule has 4 heteroatoms. The van der Waals surface area contributed by atoms with Gasteiger partial charge < -0.3 is 10.1 Å². The van der Waals surface area contributed by atoms with E-state index in [0.717, 1.165) is 36.1 Å². The zero-order valence-electron chi connectivity index (χ0n) is 10.4.